The smallest absolute Gasteiger partial charge is 0.304 e. The first-order chi connectivity index (χ1) is 9.36. The molecular weight excluding hydrogens is 265 g/mol. The standard InChI is InChI=1S/C15H21F3N2/c1-12(11-20-9-7-19(2)8-10-20)13-3-5-14(6-4-13)15(16,17)18/h3-6,12H,7-11H2,1-2H3/t12-/m0/s1. The molecule has 1 heterocycles. The van der Waals surface area contributed by atoms with Crippen LogP contribution >= 0.6 is 0 Å². The number of nitrogens with zero attached hydrogens (tertiary/aromatic N) is 2. The second kappa shape index (κ2) is 6.14. The molecule has 1 aromatic carbocycles. The van der Waals surface area contributed by atoms with Gasteiger partial charge in [-0.2, -0.15) is 13.2 Å². The van der Waals surface area contributed by atoms with E-state index in [1.54, 1.807) is 12.1 Å². The van der Waals surface area contributed by atoms with Gasteiger partial charge in [-0.3, -0.25) is 0 Å². The summed E-state index contributed by atoms with van der Waals surface area (Å²) in [6.07, 6.45) is -4.25. The minimum absolute atomic E-state index is 0.251. The second-order valence-electron chi connectivity index (χ2n) is 5.62. The molecule has 5 heteroatoms. The Balaban J connectivity index is 1.94. The average molecular weight is 286 g/mol. The van der Waals surface area contributed by atoms with Gasteiger partial charge in [0.25, 0.3) is 0 Å². The van der Waals surface area contributed by atoms with Crippen molar-refractivity contribution in [2.75, 3.05) is 39.8 Å². The number of hydrogen-bond acceptors (Lipinski definition) is 2. The Hall–Kier alpha value is -1.07. The first-order valence-electron chi connectivity index (χ1n) is 6.94. The van der Waals surface area contributed by atoms with Crippen LogP contribution in [0.5, 0.6) is 0 Å². The van der Waals surface area contributed by atoms with Crippen LogP contribution in [0.3, 0.4) is 0 Å². The molecule has 1 atom stereocenters. The molecule has 0 spiro atoms. The number of piperazine rings is 1. The van der Waals surface area contributed by atoms with Gasteiger partial charge >= 0.3 is 6.18 Å². The predicted molar refractivity (Wildman–Crippen MR) is 73.8 cm³/mol. The van der Waals surface area contributed by atoms with Gasteiger partial charge < -0.3 is 9.80 Å². The molecule has 0 amide bonds. The summed E-state index contributed by atoms with van der Waals surface area (Å²) in [6.45, 7) is 7.14. The molecule has 1 saturated heterocycles. The summed E-state index contributed by atoms with van der Waals surface area (Å²) >= 11 is 0. The molecule has 0 radical (unpaired) electrons. The molecule has 1 fully saturated rings. The van der Waals surface area contributed by atoms with E-state index >= 15 is 0 Å². The van der Waals surface area contributed by atoms with Crippen molar-refractivity contribution < 1.29 is 13.2 Å². The number of likely N-dealkylation sites (N-methyl/N-ethyl adjacent to an activating group) is 1. The van der Waals surface area contributed by atoms with Gasteiger partial charge in [0.05, 0.1) is 5.56 Å². The number of hydrogen-bond donors (Lipinski definition) is 0. The maximum Gasteiger partial charge on any atom is 0.416 e. The Morgan fingerprint density at radius 1 is 1.05 bits per heavy atom. The van der Waals surface area contributed by atoms with Crippen molar-refractivity contribution in [3.8, 4) is 0 Å². The first-order valence-corrected chi connectivity index (χ1v) is 6.94. The van der Waals surface area contributed by atoms with Crippen molar-refractivity contribution in [1.82, 2.24) is 9.80 Å². The fourth-order valence-corrected chi connectivity index (χ4v) is 2.52. The van der Waals surface area contributed by atoms with Gasteiger partial charge in [0, 0.05) is 32.7 Å². The van der Waals surface area contributed by atoms with Crippen molar-refractivity contribution in [3.63, 3.8) is 0 Å². The molecule has 0 aromatic heterocycles. The lowest BCUT2D eigenvalue weighted by molar-refractivity contribution is -0.137. The highest BCUT2D eigenvalue weighted by molar-refractivity contribution is 5.27. The van der Waals surface area contributed by atoms with Crippen molar-refractivity contribution in [2.45, 2.75) is 19.0 Å². The van der Waals surface area contributed by atoms with Gasteiger partial charge in [0.2, 0.25) is 0 Å². The Bertz CT molecular complexity index is 420. The lowest BCUT2D eigenvalue weighted by atomic mass is 9.99. The zero-order valence-corrected chi connectivity index (χ0v) is 12.0. The average Bonchev–Trinajstić information content (AvgIpc) is 2.40. The minimum Gasteiger partial charge on any atom is -0.304 e. The van der Waals surface area contributed by atoms with E-state index in [0.29, 0.717) is 0 Å². The maximum absolute atomic E-state index is 12.5. The molecular formula is C15H21F3N2. The van der Waals surface area contributed by atoms with Crippen LogP contribution in [0, 0.1) is 0 Å². The van der Waals surface area contributed by atoms with E-state index in [2.05, 4.69) is 23.8 Å². The van der Waals surface area contributed by atoms with Gasteiger partial charge in [0.1, 0.15) is 0 Å². The van der Waals surface area contributed by atoms with Crippen LogP contribution in [0.15, 0.2) is 24.3 Å². The SMILES string of the molecule is C[C@@H](CN1CCN(C)CC1)c1ccc(C(F)(F)F)cc1. The topological polar surface area (TPSA) is 6.48 Å². The summed E-state index contributed by atoms with van der Waals surface area (Å²) in [5.74, 6) is 0.251. The Kier molecular flexibility index (Phi) is 4.70. The number of halogens is 3. The molecule has 2 nitrogen and oxygen atoms in total. The third-order valence-corrected chi connectivity index (χ3v) is 3.94. The van der Waals surface area contributed by atoms with E-state index in [1.807, 2.05) is 0 Å². The third-order valence-electron chi connectivity index (χ3n) is 3.94. The predicted octanol–water partition coefficient (Wildman–Crippen LogP) is 3.06. The summed E-state index contributed by atoms with van der Waals surface area (Å²) in [6, 6.07) is 5.55. The van der Waals surface area contributed by atoms with Gasteiger partial charge in [-0.25, -0.2) is 0 Å². The molecule has 20 heavy (non-hydrogen) atoms. The van der Waals surface area contributed by atoms with Crippen molar-refractivity contribution in [2.24, 2.45) is 0 Å². The van der Waals surface area contributed by atoms with Crippen LogP contribution in [0.4, 0.5) is 13.2 Å². The lowest BCUT2D eigenvalue weighted by Gasteiger charge is -2.34. The van der Waals surface area contributed by atoms with Crippen LogP contribution in [-0.4, -0.2) is 49.6 Å². The lowest BCUT2D eigenvalue weighted by Crippen LogP contribution is -2.45. The molecule has 0 aliphatic carbocycles. The molecule has 0 saturated carbocycles. The molecule has 0 unspecified atom stereocenters. The van der Waals surface area contributed by atoms with Gasteiger partial charge in [-0.05, 0) is 30.7 Å². The number of rotatable bonds is 3. The third kappa shape index (κ3) is 3.96. The highest BCUT2D eigenvalue weighted by Crippen LogP contribution is 2.30. The van der Waals surface area contributed by atoms with Gasteiger partial charge in [-0.1, -0.05) is 19.1 Å². The van der Waals surface area contributed by atoms with Crippen LogP contribution in [0.2, 0.25) is 0 Å². The fourth-order valence-electron chi connectivity index (χ4n) is 2.52. The second-order valence-corrected chi connectivity index (χ2v) is 5.62. The van der Waals surface area contributed by atoms with Gasteiger partial charge in [0.15, 0.2) is 0 Å². The summed E-state index contributed by atoms with van der Waals surface area (Å²) in [5.41, 5.74) is 0.393. The first kappa shape index (κ1) is 15.3. The molecule has 1 aliphatic rings. The molecule has 1 aromatic rings. The Morgan fingerprint density at radius 3 is 2.10 bits per heavy atom. The van der Waals surface area contributed by atoms with E-state index in [1.165, 1.54) is 12.1 Å². The highest BCUT2D eigenvalue weighted by atomic mass is 19.4. The van der Waals surface area contributed by atoms with Crippen LogP contribution < -0.4 is 0 Å². The largest absolute Gasteiger partial charge is 0.416 e. The van der Waals surface area contributed by atoms with Crippen LogP contribution in [-0.2, 0) is 6.18 Å². The summed E-state index contributed by atoms with van der Waals surface area (Å²) in [7, 11) is 2.11. The normalized spacial score (nSPS) is 20.1. The van der Waals surface area contributed by atoms with Crippen molar-refractivity contribution >= 4 is 0 Å². The summed E-state index contributed by atoms with van der Waals surface area (Å²) < 4.78 is 37.6. The maximum atomic E-state index is 12.5. The van der Waals surface area contributed by atoms with Crippen molar-refractivity contribution in [3.05, 3.63) is 35.4 Å². The molecule has 112 valence electrons. The summed E-state index contributed by atoms with van der Waals surface area (Å²) in [5, 5.41) is 0. The highest BCUT2D eigenvalue weighted by Gasteiger charge is 2.30. The zero-order valence-electron chi connectivity index (χ0n) is 12.0. The van der Waals surface area contributed by atoms with Gasteiger partial charge in [-0.15, -0.1) is 0 Å². The molecule has 2 rings (SSSR count). The molecule has 0 N–H and O–H groups in total. The monoisotopic (exact) mass is 286 g/mol. The minimum atomic E-state index is -4.25. The Morgan fingerprint density at radius 2 is 1.60 bits per heavy atom. The molecule has 1 aliphatic heterocycles. The Labute approximate surface area is 118 Å². The van der Waals surface area contributed by atoms with E-state index < -0.39 is 11.7 Å². The van der Waals surface area contributed by atoms with E-state index in [-0.39, 0.29) is 5.92 Å². The van der Waals surface area contributed by atoms with Crippen molar-refractivity contribution in [1.29, 1.82) is 0 Å². The van der Waals surface area contributed by atoms with E-state index in [4.69, 9.17) is 0 Å². The summed E-state index contributed by atoms with van der Waals surface area (Å²) in [4.78, 5) is 4.67. The number of benzene rings is 1. The quantitative estimate of drug-likeness (QED) is 0.842. The fraction of sp³-hybridized carbons (Fsp3) is 0.600. The number of alkyl halides is 3. The van der Waals surface area contributed by atoms with Crippen LogP contribution in [0.1, 0.15) is 24.0 Å². The van der Waals surface area contributed by atoms with E-state index in [0.717, 1.165) is 38.3 Å². The molecule has 0 bridgehead atoms. The van der Waals surface area contributed by atoms with Crippen LogP contribution in [0.25, 0.3) is 0 Å². The van der Waals surface area contributed by atoms with E-state index in [9.17, 15) is 13.2 Å². The zero-order chi connectivity index (χ0) is 14.8.